The van der Waals surface area contributed by atoms with Crippen molar-refractivity contribution in [2.24, 2.45) is 0 Å². The summed E-state index contributed by atoms with van der Waals surface area (Å²) in [6.07, 6.45) is 1.50. The third kappa shape index (κ3) is 3.66. The second-order valence-corrected chi connectivity index (χ2v) is 4.33. The first-order valence-corrected chi connectivity index (χ1v) is 6.36. The Morgan fingerprint density at radius 2 is 2.16 bits per heavy atom. The molecule has 0 atom stereocenters. The Morgan fingerprint density at radius 1 is 1.37 bits per heavy atom. The van der Waals surface area contributed by atoms with E-state index < -0.39 is 5.82 Å². The third-order valence-electron chi connectivity index (χ3n) is 2.53. The number of halogens is 2. The highest BCUT2D eigenvalue weighted by Crippen LogP contribution is 2.25. The molecule has 0 aliphatic heterocycles. The van der Waals surface area contributed by atoms with Gasteiger partial charge < -0.3 is 10.1 Å². The molecule has 3 nitrogen and oxygen atoms in total. The number of pyridine rings is 1. The van der Waals surface area contributed by atoms with Crippen LogP contribution in [0.2, 0.25) is 5.02 Å². The van der Waals surface area contributed by atoms with Gasteiger partial charge in [-0.1, -0.05) is 30.7 Å². The molecule has 1 aromatic heterocycles. The molecule has 0 bridgehead atoms. The minimum Gasteiger partial charge on any atom is -0.436 e. The van der Waals surface area contributed by atoms with Crippen LogP contribution in [0.1, 0.15) is 12.5 Å². The number of rotatable bonds is 5. The van der Waals surface area contributed by atoms with Crippen molar-refractivity contribution in [1.29, 1.82) is 0 Å². The third-order valence-corrected chi connectivity index (χ3v) is 2.87. The maximum Gasteiger partial charge on any atom is 0.219 e. The van der Waals surface area contributed by atoms with Crippen molar-refractivity contribution in [3.05, 3.63) is 52.9 Å². The highest BCUT2D eigenvalue weighted by atomic mass is 35.5. The lowest BCUT2D eigenvalue weighted by Gasteiger charge is -2.09. The minimum atomic E-state index is -0.424. The Bertz CT molecular complexity index is 563. The van der Waals surface area contributed by atoms with E-state index in [2.05, 4.69) is 10.3 Å². The molecule has 0 saturated carbocycles. The molecule has 2 aromatic rings. The quantitative estimate of drug-likeness (QED) is 0.905. The van der Waals surface area contributed by atoms with E-state index in [-0.39, 0.29) is 5.75 Å². The van der Waals surface area contributed by atoms with Gasteiger partial charge in [0.2, 0.25) is 5.88 Å². The fourth-order valence-corrected chi connectivity index (χ4v) is 1.72. The van der Waals surface area contributed by atoms with E-state index in [4.69, 9.17) is 16.3 Å². The maximum absolute atomic E-state index is 13.5. The summed E-state index contributed by atoms with van der Waals surface area (Å²) in [4.78, 5) is 4.03. The summed E-state index contributed by atoms with van der Waals surface area (Å²) in [6, 6.07) is 7.90. The number of nitrogens with one attached hydrogen (secondary N) is 1. The van der Waals surface area contributed by atoms with Crippen LogP contribution >= 0.6 is 11.6 Å². The Labute approximate surface area is 116 Å². The first kappa shape index (κ1) is 13.8. The van der Waals surface area contributed by atoms with Gasteiger partial charge in [-0.25, -0.2) is 9.37 Å². The average Bonchev–Trinajstić information content (AvgIpc) is 2.42. The number of hydrogen-bond donors (Lipinski definition) is 1. The van der Waals surface area contributed by atoms with E-state index in [0.717, 1.165) is 12.1 Å². The van der Waals surface area contributed by atoms with Crippen molar-refractivity contribution in [2.45, 2.75) is 13.5 Å². The predicted molar refractivity (Wildman–Crippen MR) is 73.1 cm³/mol. The first-order valence-electron chi connectivity index (χ1n) is 5.98. The van der Waals surface area contributed by atoms with Crippen LogP contribution in [0.3, 0.4) is 0 Å². The molecule has 1 aromatic carbocycles. The summed E-state index contributed by atoms with van der Waals surface area (Å²) in [6.45, 7) is 3.46. The molecule has 0 unspecified atom stereocenters. The van der Waals surface area contributed by atoms with Crippen molar-refractivity contribution in [1.82, 2.24) is 10.3 Å². The van der Waals surface area contributed by atoms with Crippen molar-refractivity contribution >= 4 is 11.6 Å². The summed E-state index contributed by atoms with van der Waals surface area (Å²) in [5, 5.41) is 3.72. The van der Waals surface area contributed by atoms with Crippen LogP contribution in [0.5, 0.6) is 11.6 Å². The molecule has 0 fully saturated rings. The summed E-state index contributed by atoms with van der Waals surface area (Å²) >= 11 is 6.03. The minimum absolute atomic E-state index is 0.145. The van der Waals surface area contributed by atoms with Crippen LogP contribution in [0.15, 0.2) is 36.5 Å². The maximum atomic E-state index is 13.5. The summed E-state index contributed by atoms with van der Waals surface area (Å²) in [5.41, 5.74) is 0.866. The normalized spacial score (nSPS) is 10.5. The summed E-state index contributed by atoms with van der Waals surface area (Å²) in [5.74, 6) is 0.0432. The molecule has 1 heterocycles. The largest absolute Gasteiger partial charge is 0.436 e. The van der Waals surface area contributed by atoms with Gasteiger partial charge in [0.1, 0.15) is 0 Å². The SMILES string of the molecule is CCNCc1cc(Oc2ccccc2F)ncc1Cl. The standard InChI is InChI=1S/C14H14ClFN2O/c1-2-17-8-10-7-14(18-9-11(10)15)19-13-6-4-3-5-12(13)16/h3-7,9,17H,2,8H2,1H3. The Morgan fingerprint density at radius 3 is 2.89 bits per heavy atom. The molecule has 0 aliphatic rings. The van der Waals surface area contributed by atoms with E-state index in [1.165, 1.54) is 12.3 Å². The number of aromatic nitrogens is 1. The van der Waals surface area contributed by atoms with Gasteiger partial charge in [-0.3, -0.25) is 0 Å². The molecule has 2 rings (SSSR count). The molecule has 100 valence electrons. The second kappa shape index (κ2) is 6.50. The zero-order valence-corrected chi connectivity index (χ0v) is 11.2. The fourth-order valence-electron chi connectivity index (χ4n) is 1.55. The van der Waals surface area contributed by atoms with Gasteiger partial charge in [-0.15, -0.1) is 0 Å². The molecule has 0 spiro atoms. The molecule has 5 heteroatoms. The summed E-state index contributed by atoms with van der Waals surface area (Å²) in [7, 11) is 0. The van der Waals surface area contributed by atoms with E-state index in [9.17, 15) is 4.39 Å². The van der Waals surface area contributed by atoms with Crippen LogP contribution in [-0.2, 0) is 6.54 Å². The van der Waals surface area contributed by atoms with Crippen molar-refractivity contribution in [3.63, 3.8) is 0 Å². The zero-order chi connectivity index (χ0) is 13.7. The molecular weight excluding hydrogens is 267 g/mol. The number of para-hydroxylation sites is 1. The molecule has 19 heavy (non-hydrogen) atoms. The van der Waals surface area contributed by atoms with Gasteiger partial charge in [0.25, 0.3) is 0 Å². The van der Waals surface area contributed by atoms with Crippen LogP contribution in [0, 0.1) is 5.82 Å². The van der Waals surface area contributed by atoms with Gasteiger partial charge in [-0.2, -0.15) is 0 Å². The number of benzene rings is 1. The van der Waals surface area contributed by atoms with Crippen molar-refractivity contribution in [2.75, 3.05) is 6.54 Å². The van der Waals surface area contributed by atoms with Crippen LogP contribution < -0.4 is 10.1 Å². The Hall–Kier alpha value is -1.65. The Balaban J connectivity index is 2.19. The van der Waals surface area contributed by atoms with Gasteiger partial charge in [0.15, 0.2) is 11.6 Å². The molecule has 0 saturated heterocycles. The Kier molecular flexibility index (Phi) is 4.71. The van der Waals surface area contributed by atoms with Crippen molar-refractivity contribution in [3.8, 4) is 11.6 Å². The lowest BCUT2D eigenvalue weighted by Crippen LogP contribution is -2.12. The van der Waals surface area contributed by atoms with Crippen LogP contribution in [-0.4, -0.2) is 11.5 Å². The highest BCUT2D eigenvalue weighted by molar-refractivity contribution is 6.31. The van der Waals surface area contributed by atoms with Crippen molar-refractivity contribution < 1.29 is 9.13 Å². The van der Waals surface area contributed by atoms with Crippen LogP contribution in [0.25, 0.3) is 0 Å². The van der Waals surface area contributed by atoms with E-state index >= 15 is 0 Å². The topological polar surface area (TPSA) is 34.1 Å². The second-order valence-electron chi connectivity index (χ2n) is 3.93. The predicted octanol–water partition coefficient (Wildman–Crippen LogP) is 3.78. The molecule has 0 aliphatic carbocycles. The monoisotopic (exact) mass is 280 g/mol. The molecule has 0 amide bonds. The number of nitrogens with zero attached hydrogens (tertiary/aromatic N) is 1. The molecule has 0 radical (unpaired) electrons. The van der Waals surface area contributed by atoms with Gasteiger partial charge in [0.05, 0.1) is 5.02 Å². The average molecular weight is 281 g/mol. The smallest absolute Gasteiger partial charge is 0.219 e. The highest BCUT2D eigenvalue weighted by Gasteiger charge is 2.07. The lowest BCUT2D eigenvalue weighted by molar-refractivity contribution is 0.427. The number of ether oxygens (including phenoxy) is 1. The zero-order valence-electron chi connectivity index (χ0n) is 10.5. The van der Waals surface area contributed by atoms with E-state index in [0.29, 0.717) is 17.4 Å². The molecule has 1 N–H and O–H groups in total. The summed E-state index contributed by atoms with van der Waals surface area (Å²) < 4.78 is 18.9. The first-order chi connectivity index (χ1) is 9.20. The number of hydrogen-bond acceptors (Lipinski definition) is 3. The fraction of sp³-hybridized carbons (Fsp3) is 0.214. The van der Waals surface area contributed by atoms with Crippen LogP contribution in [0.4, 0.5) is 4.39 Å². The molecular formula is C14H14ClFN2O. The lowest BCUT2D eigenvalue weighted by atomic mass is 10.2. The van der Waals surface area contributed by atoms with E-state index in [1.54, 1.807) is 24.3 Å². The van der Waals surface area contributed by atoms with Gasteiger partial charge in [0, 0.05) is 18.8 Å². The van der Waals surface area contributed by atoms with Gasteiger partial charge in [-0.05, 0) is 24.2 Å². The van der Waals surface area contributed by atoms with Gasteiger partial charge >= 0.3 is 0 Å². The van der Waals surface area contributed by atoms with E-state index in [1.807, 2.05) is 6.92 Å².